The molecule has 1 radical (unpaired) electrons. The van der Waals surface area contributed by atoms with Gasteiger partial charge in [0.05, 0.1) is 7.11 Å². The van der Waals surface area contributed by atoms with Crippen LogP contribution in [0, 0.1) is 6.07 Å². The molecule has 1 rings (SSSR count). The maximum atomic E-state index is 4.97. The number of methoxy groups -OCH3 is 1. The first kappa shape index (κ1) is 8.08. The van der Waals surface area contributed by atoms with Crippen LogP contribution in [-0.2, 0) is 6.54 Å². The largest absolute Gasteiger partial charge is 0.496 e. The average Bonchev–Trinajstić information content (AvgIpc) is 2.07. The SMILES string of the molecule is CNCc1c[c]c(OC)cc1. The van der Waals surface area contributed by atoms with Gasteiger partial charge in [-0.3, -0.25) is 0 Å². The first-order chi connectivity index (χ1) is 5.36. The van der Waals surface area contributed by atoms with E-state index in [1.165, 1.54) is 5.56 Å². The number of nitrogens with one attached hydrogen (secondary N) is 1. The lowest BCUT2D eigenvalue weighted by Gasteiger charge is -2.00. The highest BCUT2D eigenvalue weighted by atomic mass is 16.5. The van der Waals surface area contributed by atoms with Gasteiger partial charge in [0.25, 0.3) is 0 Å². The lowest BCUT2D eigenvalue weighted by molar-refractivity contribution is 0.413. The summed E-state index contributed by atoms with van der Waals surface area (Å²) < 4.78 is 4.97. The Hall–Kier alpha value is -1.02. The lowest BCUT2D eigenvalue weighted by Crippen LogP contribution is -2.04. The molecule has 0 saturated carbocycles. The summed E-state index contributed by atoms with van der Waals surface area (Å²) in [5.41, 5.74) is 1.22. The van der Waals surface area contributed by atoms with Crippen LogP contribution in [0.2, 0.25) is 0 Å². The molecule has 1 aromatic carbocycles. The van der Waals surface area contributed by atoms with E-state index in [9.17, 15) is 0 Å². The summed E-state index contributed by atoms with van der Waals surface area (Å²) in [7, 11) is 3.56. The van der Waals surface area contributed by atoms with Crippen molar-refractivity contribution in [3.05, 3.63) is 29.8 Å². The van der Waals surface area contributed by atoms with Gasteiger partial charge in [-0.15, -0.1) is 0 Å². The lowest BCUT2D eigenvalue weighted by atomic mass is 10.2. The van der Waals surface area contributed by atoms with E-state index < -0.39 is 0 Å². The van der Waals surface area contributed by atoms with Crippen LogP contribution in [0.3, 0.4) is 0 Å². The fourth-order valence-electron chi connectivity index (χ4n) is 0.884. The molecule has 0 aliphatic carbocycles. The van der Waals surface area contributed by atoms with Gasteiger partial charge in [0.15, 0.2) is 0 Å². The van der Waals surface area contributed by atoms with Crippen LogP contribution >= 0.6 is 0 Å². The van der Waals surface area contributed by atoms with Gasteiger partial charge < -0.3 is 10.1 Å². The van der Waals surface area contributed by atoms with E-state index in [-0.39, 0.29) is 0 Å². The van der Waals surface area contributed by atoms with Crippen molar-refractivity contribution in [2.75, 3.05) is 14.2 Å². The van der Waals surface area contributed by atoms with E-state index >= 15 is 0 Å². The Morgan fingerprint density at radius 2 is 2.36 bits per heavy atom. The van der Waals surface area contributed by atoms with E-state index in [0.29, 0.717) is 0 Å². The monoisotopic (exact) mass is 150 g/mol. The summed E-state index contributed by atoms with van der Waals surface area (Å²) in [6, 6.07) is 8.86. The summed E-state index contributed by atoms with van der Waals surface area (Å²) in [4.78, 5) is 0. The van der Waals surface area contributed by atoms with Gasteiger partial charge in [-0.25, -0.2) is 0 Å². The number of benzene rings is 1. The van der Waals surface area contributed by atoms with Crippen molar-refractivity contribution in [3.8, 4) is 5.75 Å². The molecule has 11 heavy (non-hydrogen) atoms. The molecular weight excluding hydrogens is 138 g/mol. The van der Waals surface area contributed by atoms with Crippen LogP contribution < -0.4 is 10.1 Å². The van der Waals surface area contributed by atoms with Gasteiger partial charge in [-0.2, -0.15) is 0 Å². The van der Waals surface area contributed by atoms with Gasteiger partial charge in [-0.05, 0) is 24.7 Å². The van der Waals surface area contributed by atoms with Crippen LogP contribution in [0.15, 0.2) is 18.2 Å². The van der Waals surface area contributed by atoms with Crippen molar-refractivity contribution in [1.29, 1.82) is 0 Å². The molecule has 0 spiro atoms. The normalized spacial score (nSPS) is 9.64. The molecule has 0 saturated heterocycles. The number of hydrogen-bond acceptors (Lipinski definition) is 2. The molecule has 2 nitrogen and oxygen atoms in total. The maximum Gasteiger partial charge on any atom is 0.126 e. The molecule has 1 aromatic rings. The Morgan fingerprint density at radius 1 is 1.55 bits per heavy atom. The zero-order valence-electron chi connectivity index (χ0n) is 6.85. The molecule has 0 amide bonds. The molecule has 0 aromatic heterocycles. The second-order valence-corrected chi connectivity index (χ2v) is 2.30. The standard InChI is InChI=1S/C9H12NO/c1-10-7-8-3-5-9(11-2)6-4-8/h3-5,10H,7H2,1-2H3. The van der Waals surface area contributed by atoms with Crippen LogP contribution in [0.25, 0.3) is 0 Å². The van der Waals surface area contributed by atoms with Gasteiger partial charge in [0.1, 0.15) is 5.75 Å². The van der Waals surface area contributed by atoms with Gasteiger partial charge >= 0.3 is 0 Å². The van der Waals surface area contributed by atoms with Crippen LogP contribution in [0.4, 0.5) is 0 Å². The smallest absolute Gasteiger partial charge is 0.126 e. The number of ether oxygens (including phenoxy) is 1. The van der Waals surface area contributed by atoms with Gasteiger partial charge in [0.2, 0.25) is 0 Å². The molecule has 0 heterocycles. The Morgan fingerprint density at radius 3 is 2.82 bits per heavy atom. The van der Waals surface area contributed by atoms with Gasteiger partial charge in [-0.1, -0.05) is 6.07 Å². The van der Waals surface area contributed by atoms with E-state index in [2.05, 4.69) is 11.4 Å². The van der Waals surface area contributed by atoms with E-state index in [4.69, 9.17) is 4.74 Å². The molecule has 0 atom stereocenters. The Kier molecular flexibility index (Phi) is 2.93. The van der Waals surface area contributed by atoms with Crippen molar-refractivity contribution in [2.45, 2.75) is 6.54 Å². The number of rotatable bonds is 3. The fraction of sp³-hybridized carbons (Fsp3) is 0.333. The Bertz CT molecular complexity index is 205. The highest BCUT2D eigenvalue weighted by Crippen LogP contribution is 2.09. The molecule has 2 heteroatoms. The molecular formula is C9H12NO. The third kappa shape index (κ3) is 2.24. The van der Waals surface area contributed by atoms with E-state index in [1.807, 2.05) is 25.2 Å². The minimum absolute atomic E-state index is 0.782. The third-order valence-electron chi connectivity index (χ3n) is 1.45. The summed E-state index contributed by atoms with van der Waals surface area (Å²) >= 11 is 0. The Balaban J connectivity index is 2.66. The predicted octanol–water partition coefficient (Wildman–Crippen LogP) is 1.21. The molecule has 0 bridgehead atoms. The average molecular weight is 150 g/mol. The number of hydrogen-bond donors (Lipinski definition) is 1. The van der Waals surface area contributed by atoms with E-state index in [0.717, 1.165) is 12.3 Å². The highest BCUT2D eigenvalue weighted by molar-refractivity contribution is 5.25. The Labute approximate surface area is 67.2 Å². The summed E-state index contributed by atoms with van der Waals surface area (Å²) in [5, 5.41) is 3.06. The second kappa shape index (κ2) is 3.98. The summed E-state index contributed by atoms with van der Waals surface area (Å²) in [6.45, 7) is 0.875. The molecule has 0 aliphatic rings. The van der Waals surface area contributed by atoms with Gasteiger partial charge in [0, 0.05) is 12.6 Å². The summed E-state index contributed by atoms with van der Waals surface area (Å²) in [5.74, 6) is 0.782. The van der Waals surface area contributed by atoms with Crippen LogP contribution in [0.5, 0.6) is 5.75 Å². The topological polar surface area (TPSA) is 21.3 Å². The zero-order chi connectivity index (χ0) is 8.10. The minimum Gasteiger partial charge on any atom is -0.496 e. The van der Waals surface area contributed by atoms with Crippen molar-refractivity contribution < 1.29 is 4.74 Å². The van der Waals surface area contributed by atoms with Crippen LogP contribution in [0.1, 0.15) is 5.56 Å². The van der Waals surface area contributed by atoms with Crippen molar-refractivity contribution in [3.63, 3.8) is 0 Å². The van der Waals surface area contributed by atoms with Crippen molar-refractivity contribution in [1.82, 2.24) is 5.32 Å². The fourth-order valence-corrected chi connectivity index (χ4v) is 0.884. The van der Waals surface area contributed by atoms with Crippen LogP contribution in [-0.4, -0.2) is 14.2 Å². The quantitative estimate of drug-likeness (QED) is 0.699. The first-order valence-electron chi connectivity index (χ1n) is 3.56. The zero-order valence-corrected chi connectivity index (χ0v) is 6.85. The van der Waals surface area contributed by atoms with Crippen molar-refractivity contribution >= 4 is 0 Å². The minimum atomic E-state index is 0.782. The molecule has 0 fully saturated rings. The molecule has 0 unspecified atom stereocenters. The molecule has 1 N–H and O–H groups in total. The molecule has 0 aliphatic heterocycles. The predicted molar refractivity (Wildman–Crippen MR) is 44.6 cm³/mol. The molecule has 59 valence electrons. The second-order valence-electron chi connectivity index (χ2n) is 2.30. The maximum absolute atomic E-state index is 4.97. The third-order valence-corrected chi connectivity index (χ3v) is 1.45. The summed E-state index contributed by atoms with van der Waals surface area (Å²) in [6.07, 6.45) is 0. The first-order valence-corrected chi connectivity index (χ1v) is 3.56. The highest BCUT2D eigenvalue weighted by Gasteiger charge is 1.91. The van der Waals surface area contributed by atoms with E-state index in [1.54, 1.807) is 7.11 Å². The van der Waals surface area contributed by atoms with Crippen molar-refractivity contribution in [2.24, 2.45) is 0 Å².